The second-order valence-electron chi connectivity index (χ2n) is 6.38. The Hall–Kier alpha value is -2.34. The number of ether oxygens (including phenoxy) is 2. The molecule has 1 fully saturated rings. The normalized spacial score (nSPS) is 15.0. The maximum absolute atomic E-state index is 5.53. The van der Waals surface area contributed by atoms with Gasteiger partial charge in [-0.3, -0.25) is 4.98 Å². The van der Waals surface area contributed by atoms with E-state index < -0.39 is 0 Å². The fourth-order valence-electron chi connectivity index (χ4n) is 3.30. The third-order valence-electron chi connectivity index (χ3n) is 4.68. The predicted molar refractivity (Wildman–Crippen MR) is 99.4 cm³/mol. The van der Waals surface area contributed by atoms with E-state index in [2.05, 4.69) is 22.2 Å². The summed E-state index contributed by atoms with van der Waals surface area (Å²) in [5.74, 6) is 2.94. The summed E-state index contributed by atoms with van der Waals surface area (Å²) in [6, 6.07) is 5.79. The Morgan fingerprint density at radius 1 is 1.16 bits per heavy atom. The highest BCUT2D eigenvalue weighted by Crippen LogP contribution is 2.37. The molecule has 0 unspecified atom stereocenters. The quantitative estimate of drug-likeness (QED) is 0.871. The van der Waals surface area contributed by atoms with Crippen LogP contribution in [-0.4, -0.2) is 50.9 Å². The van der Waals surface area contributed by atoms with E-state index >= 15 is 0 Å². The van der Waals surface area contributed by atoms with E-state index in [0.717, 1.165) is 36.7 Å². The van der Waals surface area contributed by atoms with Crippen molar-refractivity contribution in [2.45, 2.75) is 12.8 Å². The highest BCUT2D eigenvalue weighted by Gasteiger charge is 2.18. The molecule has 0 spiro atoms. The van der Waals surface area contributed by atoms with Crippen molar-refractivity contribution in [1.29, 1.82) is 0 Å². The van der Waals surface area contributed by atoms with Gasteiger partial charge in [-0.1, -0.05) is 6.07 Å². The molecule has 2 heterocycles. The predicted octanol–water partition coefficient (Wildman–Crippen LogP) is 2.60. The lowest BCUT2D eigenvalue weighted by atomic mass is 9.98. The maximum Gasteiger partial charge on any atom is 0.170 e. The Balaban J connectivity index is 1.84. The number of piperidine rings is 1. The average Bonchev–Trinajstić information content (AvgIpc) is 2.68. The molecule has 6 nitrogen and oxygen atoms in total. The minimum atomic E-state index is 0.678. The highest BCUT2D eigenvalue weighted by atomic mass is 16.5. The van der Waals surface area contributed by atoms with Crippen LogP contribution in [0.1, 0.15) is 12.8 Å². The van der Waals surface area contributed by atoms with Gasteiger partial charge in [0.05, 0.1) is 32.3 Å². The van der Waals surface area contributed by atoms with Crippen molar-refractivity contribution >= 4 is 5.82 Å². The summed E-state index contributed by atoms with van der Waals surface area (Å²) in [6.45, 7) is 3.20. The Labute approximate surface area is 149 Å². The number of hydrogen-bond donors (Lipinski definition) is 1. The molecular formula is C19H26N4O2. The zero-order chi connectivity index (χ0) is 17.6. The molecule has 1 aliphatic heterocycles. The average molecular weight is 342 g/mol. The number of hydrogen-bond acceptors (Lipinski definition) is 6. The lowest BCUT2D eigenvalue weighted by Gasteiger charge is -2.28. The molecule has 1 N–H and O–H groups in total. The van der Waals surface area contributed by atoms with Crippen molar-refractivity contribution in [1.82, 2.24) is 15.3 Å². The van der Waals surface area contributed by atoms with E-state index in [-0.39, 0.29) is 0 Å². The van der Waals surface area contributed by atoms with Gasteiger partial charge in [-0.05, 0) is 44.0 Å². The Kier molecular flexibility index (Phi) is 5.71. The minimum Gasteiger partial charge on any atom is -0.493 e. The van der Waals surface area contributed by atoms with Gasteiger partial charge < -0.3 is 19.7 Å². The van der Waals surface area contributed by atoms with E-state index in [4.69, 9.17) is 14.5 Å². The van der Waals surface area contributed by atoms with E-state index in [9.17, 15) is 0 Å². The second-order valence-corrected chi connectivity index (χ2v) is 6.38. The number of nitrogens with zero attached hydrogens (tertiary/aromatic N) is 3. The molecule has 3 rings (SSSR count). The van der Waals surface area contributed by atoms with Crippen LogP contribution < -0.4 is 19.7 Å². The van der Waals surface area contributed by atoms with Crippen LogP contribution in [0.15, 0.2) is 30.6 Å². The summed E-state index contributed by atoms with van der Waals surface area (Å²) in [5, 5.41) is 3.41. The molecule has 1 aromatic carbocycles. The topological polar surface area (TPSA) is 59.5 Å². The molecule has 6 heteroatoms. The smallest absolute Gasteiger partial charge is 0.170 e. The van der Waals surface area contributed by atoms with Crippen molar-refractivity contribution in [3.63, 3.8) is 0 Å². The van der Waals surface area contributed by atoms with Crippen molar-refractivity contribution in [2.24, 2.45) is 5.92 Å². The van der Waals surface area contributed by atoms with Crippen LogP contribution in [0.4, 0.5) is 5.82 Å². The number of para-hydroxylation sites is 1. The first-order chi connectivity index (χ1) is 12.2. The largest absolute Gasteiger partial charge is 0.493 e. The summed E-state index contributed by atoms with van der Waals surface area (Å²) in [7, 11) is 5.36. The molecule has 0 aliphatic carbocycles. The molecule has 134 valence electrons. The Morgan fingerprint density at radius 3 is 2.68 bits per heavy atom. The molecule has 0 atom stereocenters. The monoisotopic (exact) mass is 342 g/mol. The van der Waals surface area contributed by atoms with Gasteiger partial charge in [0, 0.05) is 19.2 Å². The molecule has 0 radical (unpaired) electrons. The number of anilines is 1. The van der Waals surface area contributed by atoms with Gasteiger partial charge in [0.1, 0.15) is 5.82 Å². The lowest BCUT2D eigenvalue weighted by molar-refractivity contribution is 0.356. The van der Waals surface area contributed by atoms with Crippen molar-refractivity contribution in [3.05, 3.63) is 30.6 Å². The summed E-state index contributed by atoms with van der Waals surface area (Å²) in [6.07, 6.45) is 6.00. The SMILES string of the molecule is COc1cccc(-c2cncc(N(C)CC3CCNCC3)n2)c1OC. The number of nitrogens with one attached hydrogen (secondary N) is 1. The molecule has 0 bridgehead atoms. The first-order valence-corrected chi connectivity index (χ1v) is 8.68. The van der Waals surface area contributed by atoms with Crippen molar-refractivity contribution < 1.29 is 9.47 Å². The fraction of sp³-hybridized carbons (Fsp3) is 0.474. The van der Waals surface area contributed by atoms with Crippen molar-refractivity contribution in [3.8, 4) is 22.8 Å². The number of rotatable bonds is 6. The standard InChI is InChI=1S/C19H26N4O2/c1-23(13-14-7-9-20-10-8-14)18-12-21-11-16(22-18)15-5-4-6-17(24-2)19(15)25-3/h4-6,11-12,14,20H,7-10,13H2,1-3H3. The molecule has 0 saturated carbocycles. The Bertz CT molecular complexity index is 702. The van der Waals surface area contributed by atoms with E-state index in [0.29, 0.717) is 17.4 Å². The number of aromatic nitrogens is 2. The fourth-order valence-corrected chi connectivity index (χ4v) is 3.30. The molecule has 1 saturated heterocycles. The summed E-state index contributed by atoms with van der Waals surface area (Å²) >= 11 is 0. The van der Waals surface area contributed by atoms with Crippen LogP contribution in [0.5, 0.6) is 11.5 Å². The van der Waals surface area contributed by atoms with Crippen LogP contribution in [0.25, 0.3) is 11.3 Å². The molecule has 2 aromatic rings. The van der Waals surface area contributed by atoms with Gasteiger partial charge in [-0.2, -0.15) is 0 Å². The maximum atomic E-state index is 5.53. The molecule has 0 amide bonds. The second kappa shape index (κ2) is 8.16. The van der Waals surface area contributed by atoms with Gasteiger partial charge in [0.15, 0.2) is 11.5 Å². The summed E-state index contributed by atoms with van der Waals surface area (Å²) in [5.41, 5.74) is 1.66. The first-order valence-electron chi connectivity index (χ1n) is 8.68. The van der Waals surface area contributed by atoms with Gasteiger partial charge >= 0.3 is 0 Å². The molecule has 25 heavy (non-hydrogen) atoms. The van der Waals surface area contributed by atoms with Crippen LogP contribution >= 0.6 is 0 Å². The minimum absolute atomic E-state index is 0.678. The van der Waals surface area contributed by atoms with E-state index in [1.54, 1.807) is 20.4 Å². The summed E-state index contributed by atoms with van der Waals surface area (Å²) in [4.78, 5) is 11.4. The number of methoxy groups -OCH3 is 2. The molecule has 1 aromatic heterocycles. The zero-order valence-corrected chi connectivity index (χ0v) is 15.2. The summed E-state index contributed by atoms with van der Waals surface area (Å²) < 4.78 is 10.9. The lowest BCUT2D eigenvalue weighted by Crippen LogP contribution is -2.34. The van der Waals surface area contributed by atoms with Gasteiger partial charge in [-0.25, -0.2) is 4.98 Å². The third kappa shape index (κ3) is 4.02. The molecule has 1 aliphatic rings. The first kappa shape index (κ1) is 17.5. The van der Waals surface area contributed by atoms with Crippen molar-refractivity contribution in [2.75, 3.05) is 45.8 Å². The number of benzene rings is 1. The van der Waals surface area contributed by atoms with Crippen LogP contribution in [0.2, 0.25) is 0 Å². The van der Waals surface area contributed by atoms with Gasteiger partial charge in [0.2, 0.25) is 0 Å². The van der Waals surface area contributed by atoms with E-state index in [1.165, 1.54) is 12.8 Å². The van der Waals surface area contributed by atoms with Gasteiger partial charge in [-0.15, -0.1) is 0 Å². The van der Waals surface area contributed by atoms with E-state index in [1.807, 2.05) is 24.4 Å². The van der Waals surface area contributed by atoms with Crippen LogP contribution in [0.3, 0.4) is 0 Å². The molecular weight excluding hydrogens is 316 g/mol. The third-order valence-corrected chi connectivity index (χ3v) is 4.68. The van der Waals surface area contributed by atoms with Crippen LogP contribution in [0, 0.1) is 5.92 Å². The highest BCUT2D eigenvalue weighted by molar-refractivity contribution is 5.71. The Morgan fingerprint density at radius 2 is 1.96 bits per heavy atom. The van der Waals surface area contributed by atoms with Crippen LogP contribution in [-0.2, 0) is 0 Å². The van der Waals surface area contributed by atoms with Gasteiger partial charge in [0.25, 0.3) is 0 Å². The zero-order valence-electron chi connectivity index (χ0n) is 15.2.